The van der Waals surface area contributed by atoms with Gasteiger partial charge < -0.3 is 14.4 Å². The van der Waals surface area contributed by atoms with Gasteiger partial charge in [-0.05, 0) is 61.4 Å². The van der Waals surface area contributed by atoms with Crippen LogP contribution in [0.4, 0.5) is 0 Å². The molecule has 0 aliphatic heterocycles. The van der Waals surface area contributed by atoms with Crippen molar-refractivity contribution in [3.63, 3.8) is 0 Å². The number of rotatable bonds is 13. The summed E-state index contributed by atoms with van der Waals surface area (Å²) < 4.78 is 13.1. The van der Waals surface area contributed by atoms with E-state index in [1.165, 1.54) is 0 Å². The molecule has 4 aromatic rings. The van der Waals surface area contributed by atoms with Gasteiger partial charge in [-0.25, -0.2) is 4.98 Å². The minimum absolute atomic E-state index is 0.140. The van der Waals surface area contributed by atoms with Crippen molar-refractivity contribution in [3.8, 4) is 17.2 Å². The highest BCUT2D eigenvalue weighted by atomic mass is 35.5. The summed E-state index contributed by atoms with van der Waals surface area (Å²) in [7, 11) is 1.58. The van der Waals surface area contributed by atoms with Gasteiger partial charge in [0.2, 0.25) is 0 Å². The fourth-order valence-electron chi connectivity index (χ4n) is 4.89. The van der Waals surface area contributed by atoms with Gasteiger partial charge in [-0.2, -0.15) is 0 Å². The predicted molar refractivity (Wildman–Crippen MR) is 160 cm³/mol. The van der Waals surface area contributed by atoms with E-state index in [-0.39, 0.29) is 18.1 Å². The van der Waals surface area contributed by atoms with Crippen LogP contribution in [0.5, 0.6) is 11.5 Å². The summed E-state index contributed by atoms with van der Waals surface area (Å²) in [4.78, 5) is 34.6. The van der Waals surface area contributed by atoms with Crippen LogP contribution < -0.4 is 15.0 Å². The number of unbranched alkanes of at least 4 members (excludes halogenated alkanes) is 3. The molecule has 0 bridgehead atoms. The smallest absolute Gasteiger partial charge is 0.266 e. The number of methoxy groups -OCH3 is 1. The second-order valence-corrected chi connectivity index (χ2v) is 10.1. The van der Waals surface area contributed by atoms with Crippen LogP contribution in [0.2, 0.25) is 5.02 Å². The lowest BCUT2D eigenvalue weighted by atomic mass is 10.1. The molecule has 8 heteroatoms. The van der Waals surface area contributed by atoms with Crippen LogP contribution in [-0.2, 0) is 4.79 Å². The minimum atomic E-state index is -0.467. The second kappa shape index (κ2) is 14.0. The van der Waals surface area contributed by atoms with Crippen LogP contribution in [-0.4, -0.2) is 40.6 Å². The number of para-hydroxylation sites is 3. The molecule has 0 aliphatic carbocycles. The normalized spacial score (nSPS) is 11.8. The molecular weight excluding hydrogens is 526 g/mol. The lowest BCUT2D eigenvalue weighted by Gasteiger charge is -2.32. The van der Waals surface area contributed by atoms with E-state index in [2.05, 4.69) is 6.92 Å². The van der Waals surface area contributed by atoms with Crippen LogP contribution in [0.25, 0.3) is 16.6 Å². The molecule has 210 valence electrons. The molecule has 1 atom stereocenters. The highest BCUT2D eigenvalue weighted by Crippen LogP contribution is 2.30. The van der Waals surface area contributed by atoms with Gasteiger partial charge in [-0.15, -0.1) is 0 Å². The maximum atomic E-state index is 14.0. The molecule has 0 spiro atoms. The largest absolute Gasteiger partial charge is 0.495 e. The molecule has 1 unspecified atom stereocenters. The Kier molecular flexibility index (Phi) is 10.2. The summed E-state index contributed by atoms with van der Waals surface area (Å²) >= 11 is 6.00. The van der Waals surface area contributed by atoms with Crippen LogP contribution in [0.15, 0.2) is 77.6 Å². The van der Waals surface area contributed by atoms with Crippen molar-refractivity contribution in [2.24, 2.45) is 0 Å². The Labute approximate surface area is 240 Å². The van der Waals surface area contributed by atoms with Crippen molar-refractivity contribution in [3.05, 3.63) is 94.0 Å². The van der Waals surface area contributed by atoms with E-state index < -0.39 is 6.04 Å². The van der Waals surface area contributed by atoms with Crippen molar-refractivity contribution in [1.82, 2.24) is 14.5 Å². The van der Waals surface area contributed by atoms with Gasteiger partial charge in [-0.1, -0.05) is 69.0 Å². The molecule has 0 aliphatic rings. The zero-order valence-corrected chi connectivity index (χ0v) is 24.1. The number of halogens is 1. The lowest BCUT2D eigenvalue weighted by molar-refractivity contribution is -0.136. The number of nitrogens with zero attached hydrogens (tertiary/aromatic N) is 3. The fourth-order valence-corrected chi connectivity index (χ4v) is 5.01. The average molecular weight is 562 g/mol. The van der Waals surface area contributed by atoms with Gasteiger partial charge in [-0.3, -0.25) is 14.2 Å². The summed E-state index contributed by atoms with van der Waals surface area (Å²) in [5.41, 5.74) is 0.958. The monoisotopic (exact) mass is 561 g/mol. The zero-order valence-electron chi connectivity index (χ0n) is 23.3. The van der Waals surface area contributed by atoms with Crippen LogP contribution >= 0.6 is 11.6 Å². The number of carbonyl (C=O) groups excluding carboxylic acids is 1. The molecule has 1 aromatic heterocycles. The van der Waals surface area contributed by atoms with E-state index in [4.69, 9.17) is 26.1 Å². The highest BCUT2D eigenvalue weighted by molar-refractivity contribution is 6.30. The number of carbonyl (C=O) groups is 1. The average Bonchev–Trinajstić information content (AvgIpc) is 2.98. The summed E-state index contributed by atoms with van der Waals surface area (Å²) in [5.74, 6) is 1.43. The van der Waals surface area contributed by atoms with E-state index in [1.54, 1.807) is 42.0 Å². The van der Waals surface area contributed by atoms with E-state index in [9.17, 15) is 9.59 Å². The topological polar surface area (TPSA) is 73.7 Å². The van der Waals surface area contributed by atoms with Gasteiger partial charge >= 0.3 is 0 Å². The van der Waals surface area contributed by atoms with E-state index in [0.29, 0.717) is 51.9 Å². The molecule has 3 aromatic carbocycles. The van der Waals surface area contributed by atoms with Gasteiger partial charge in [0.15, 0.2) is 6.61 Å². The molecule has 4 rings (SSSR count). The van der Waals surface area contributed by atoms with Crippen molar-refractivity contribution in [2.45, 2.75) is 52.0 Å². The van der Waals surface area contributed by atoms with E-state index in [0.717, 1.165) is 25.7 Å². The Balaban J connectivity index is 1.80. The van der Waals surface area contributed by atoms with Crippen molar-refractivity contribution >= 4 is 28.4 Å². The zero-order chi connectivity index (χ0) is 28.5. The molecule has 0 saturated heterocycles. The SMILES string of the molecule is CCCCCCN(C(=O)COc1ccc(Cl)cc1)C(CC)c1nc2ccccc2c(=O)n1-c1ccccc1OC. The number of aromatic nitrogens is 2. The molecule has 0 fully saturated rings. The maximum absolute atomic E-state index is 14.0. The minimum Gasteiger partial charge on any atom is -0.495 e. The molecule has 0 N–H and O–H groups in total. The number of fused-ring (bicyclic) bond motifs is 1. The predicted octanol–water partition coefficient (Wildman–Crippen LogP) is 6.99. The third-order valence-corrected chi connectivity index (χ3v) is 7.19. The van der Waals surface area contributed by atoms with Gasteiger partial charge in [0.05, 0.1) is 29.7 Å². The van der Waals surface area contributed by atoms with Gasteiger partial charge in [0.25, 0.3) is 11.5 Å². The van der Waals surface area contributed by atoms with Crippen molar-refractivity contribution < 1.29 is 14.3 Å². The second-order valence-electron chi connectivity index (χ2n) is 9.61. The van der Waals surface area contributed by atoms with Crippen molar-refractivity contribution in [2.75, 3.05) is 20.3 Å². The molecule has 0 saturated carbocycles. The van der Waals surface area contributed by atoms with Gasteiger partial charge in [0.1, 0.15) is 17.3 Å². The Hall–Kier alpha value is -3.84. The Morgan fingerprint density at radius 2 is 1.70 bits per heavy atom. The molecule has 0 radical (unpaired) electrons. The van der Waals surface area contributed by atoms with Crippen LogP contribution in [0.1, 0.15) is 57.8 Å². The Morgan fingerprint density at radius 1 is 0.975 bits per heavy atom. The molecule has 40 heavy (non-hydrogen) atoms. The van der Waals surface area contributed by atoms with Crippen LogP contribution in [0.3, 0.4) is 0 Å². The quantitative estimate of drug-likeness (QED) is 0.164. The molecule has 7 nitrogen and oxygen atoms in total. The third-order valence-electron chi connectivity index (χ3n) is 6.94. The molecule has 1 heterocycles. The number of ether oxygens (including phenoxy) is 2. The summed E-state index contributed by atoms with van der Waals surface area (Å²) in [6, 6.07) is 21.1. The number of hydrogen-bond donors (Lipinski definition) is 0. The first-order valence-electron chi connectivity index (χ1n) is 13.8. The standard InChI is InChI=1S/C32H36ClN3O4/c1-4-6-7-12-21-35(30(37)22-40-24-19-17-23(33)18-20-24)27(5-2)31-34-26-14-9-8-13-25(26)32(38)36(31)28-15-10-11-16-29(28)39-3/h8-11,13-20,27H,4-7,12,21-22H2,1-3H3. The highest BCUT2D eigenvalue weighted by Gasteiger charge is 2.30. The van der Waals surface area contributed by atoms with E-state index in [1.807, 2.05) is 54.3 Å². The Morgan fingerprint density at radius 3 is 2.42 bits per heavy atom. The summed E-state index contributed by atoms with van der Waals surface area (Å²) in [5, 5.41) is 1.10. The molecule has 1 amide bonds. The summed E-state index contributed by atoms with van der Waals surface area (Å²) in [6.45, 7) is 4.54. The number of benzene rings is 3. The maximum Gasteiger partial charge on any atom is 0.266 e. The first-order valence-corrected chi connectivity index (χ1v) is 14.2. The Bertz CT molecular complexity index is 1490. The third kappa shape index (κ3) is 6.65. The molecular formula is C32H36ClN3O4. The fraction of sp³-hybridized carbons (Fsp3) is 0.344. The lowest BCUT2D eigenvalue weighted by Crippen LogP contribution is -2.41. The van der Waals surface area contributed by atoms with Crippen LogP contribution in [0, 0.1) is 0 Å². The number of amides is 1. The van der Waals surface area contributed by atoms with Gasteiger partial charge in [0, 0.05) is 11.6 Å². The van der Waals surface area contributed by atoms with Crippen molar-refractivity contribution in [1.29, 1.82) is 0 Å². The first kappa shape index (κ1) is 29.2. The first-order chi connectivity index (χ1) is 19.5. The number of hydrogen-bond acceptors (Lipinski definition) is 5. The van der Waals surface area contributed by atoms with E-state index >= 15 is 0 Å². The summed E-state index contributed by atoms with van der Waals surface area (Å²) in [6.07, 6.45) is 4.56.